The van der Waals surface area contributed by atoms with Gasteiger partial charge in [0.1, 0.15) is 0 Å². The molecule has 0 saturated carbocycles. The van der Waals surface area contributed by atoms with E-state index in [0.29, 0.717) is 25.9 Å². The molecule has 1 unspecified atom stereocenters. The van der Waals surface area contributed by atoms with E-state index in [2.05, 4.69) is 12.2 Å². The van der Waals surface area contributed by atoms with Gasteiger partial charge in [-0.3, -0.25) is 4.57 Å². The second kappa shape index (κ2) is 8.59. The zero-order valence-corrected chi connectivity index (χ0v) is 10.3. The number of hydrogen-bond donors (Lipinski definition) is 2. The Labute approximate surface area is 146 Å². The summed E-state index contributed by atoms with van der Waals surface area (Å²) in [5.74, 6) is 0.199. The molecule has 0 spiro atoms. The Morgan fingerprint density at radius 1 is 1.38 bits per heavy atom. The van der Waals surface area contributed by atoms with Crippen LogP contribution in [-0.2, 0) is 14.6 Å². The second-order valence-corrected chi connectivity index (χ2v) is 9.05. The summed E-state index contributed by atoms with van der Waals surface area (Å²) in [7, 11) is -3.07. The van der Waals surface area contributed by atoms with Gasteiger partial charge in [0.25, 0.3) is 6.57 Å². The molecular weight excluding hydrogens is 291 g/mol. The Bertz CT molecular complexity index is 344. The Hall–Kier alpha value is 2.45. The normalized spacial score (nSPS) is 22.9. The maximum absolute atomic E-state index is 11.3. The summed E-state index contributed by atoms with van der Waals surface area (Å²) in [4.78, 5) is 8.87. The summed E-state index contributed by atoms with van der Waals surface area (Å²) >= 11 is 3.52. The zero-order valence-electron chi connectivity index (χ0n) is 7.66. The van der Waals surface area contributed by atoms with Crippen molar-refractivity contribution >= 4 is 88.0 Å². The van der Waals surface area contributed by atoms with Crippen LogP contribution in [0.4, 0.5) is 0 Å². The fourth-order valence-corrected chi connectivity index (χ4v) is 3.94. The van der Waals surface area contributed by atoms with E-state index in [1.165, 1.54) is 4.31 Å². The van der Waals surface area contributed by atoms with Crippen molar-refractivity contribution in [2.45, 2.75) is 12.8 Å². The standard InChI is InChI=1S/C6H14NO4PS2.2Na.2H/c8-12(9,13)5-1-3-7-4-2-6-14(7,10)11;;;;/h1-6H2,(H2,8,9,13);;;;. The predicted molar refractivity (Wildman–Crippen MR) is 72.6 cm³/mol. The molecule has 16 heavy (non-hydrogen) atoms. The Morgan fingerprint density at radius 3 is 2.31 bits per heavy atom. The van der Waals surface area contributed by atoms with E-state index in [9.17, 15) is 13.0 Å². The van der Waals surface area contributed by atoms with E-state index in [0.717, 1.165) is 0 Å². The molecule has 1 aliphatic heterocycles. The van der Waals surface area contributed by atoms with E-state index >= 15 is 0 Å². The van der Waals surface area contributed by atoms with E-state index in [-0.39, 0.29) is 71.0 Å². The molecule has 1 heterocycles. The molecule has 0 radical (unpaired) electrons. The number of rotatable bonds is 4. The van der Waals surface area contributed by atoms with Gasteiger partial charge in [-0.05, 0) is 12.8 Å². The maximum atomic E-state index is 11.3. The van der Waals surface area contributed by atoms with Gasteiger partial charge in [-0.2, -0.15) is 0 Å². The molecule has 0 aliphatic carbocycles. The molecule has 5 nitrogen and oxygen atoms in total. The van der Waals surface area contributed by atoms with Gasteiger partial charge in [0.2, 0.25) is 10.0 Å². The van der Waals surface area contributed by atoms with E-state index in [1.54, 1.807) is 0 Å². The van der Waals surface area contributed by atoms with Crippen LogP contribution in [0.15, 0.2) is 0 Å². The van der Waals surface area contributed by atoms with Crippen LogP contribution >= 0.6 is 18.8 Å². The fraction of sp³-hybridized carbons (Fsp3) is 1.00. The quantitative estimate of drug-likeness (QED) is 0.406. The SMILES string of the molecule is O=P(O)(S)CCCN1CCCS1(=O)=O.[NaH].[NaH]. The molecule has 0 aromatic rings. The van der Waals surface area contributed by atoms with Crippen molar-refractivity contribution < 1.29 is 17.9 Å². The minimum absolute atomic E-state index is 0. The Kier molecular flexibility index (Phi) is 11.1. The van der Waals surface area contributed by atoms with Crippen molar-refractivity contribution in [3.05, 3.63) is 0 Å². The molecule has 1 aliphatic rings. The van der Waals surface area contributed by atoms with Crippen LogP contribution in [0.25, 0.3) is 0 Å². The molecule has 88 valence electrons. The minimum atomic E-state index is -3.29. The van der Waals surface area contributed by atoms with Crippen molar-refractivity contribution in [3.8, 4) is 0 Å². The molecule has 10 heteroatoms. The van der Waals surface area contributed by atoms with Gasteiger partial charge < -0.3 is 4.89 Å². The summed E-state index contributed by atoms with van der Waals surface area (Å²) in [6, 6.07) is 0. The zero-order chi connectivity index (χ0) is 10.8. The van der Waals surface area contributed by atoms with Gasteiger partial charge in [-0.1, -0.05) is 12.2 Å². The topological polar surface area (TPSA) is 74.7 Å². The summed E-state index contributed by atoms with van der Waals surface area (Å²) in [5.41, 5.74) is 0. The third-order valence-corrected chi connectivity index (χ3v) is 5.52. The average molecular weight is 307 g/mol. The van der Waals surface area contributed by atoms with Crippen LogP contribution < -0.4 is 0 Å². The first-order valence-electron chi connectivity index (χ1n) is 4.34. The fourth-order valence-electron chi connectivity index (χ4n) is 1.40. The van der Waals surface area contributed by atoms with Gasteiger partial charge in [-0.15, -0.1) is 0 Å². The van der Waals surface area contributed by atoms with E-state index in [1.807, 2.05) is 0 Å². The van der Waals surface area contributed by atoms with Crippen LogP contribution in [-0.4, -0.2) is 102 Å². The molecule has 0 amide bonds. The molecule has 1 saturated heterocycles. The summed E-state index contributed by atoms with van der Waals surface area (Å²) in [5, 5.41) is 0. The Balaban J connectivity index is 0. The van der Waals surface area contributed by atoms with Crippen LogP contribution in [0.5, 0.6) is 0 Å². The first-order chi connectivity index (χ1) is 6.31. The molecular formula is C6H16NNa2O4PS2. The van der Waals surface area contributed by atoms with Gasteiger partial charge in [-0.25, -0.2) is 12.7 Å². The first kappa shape index (κ1) is 20.8. The molecule has 0 aromatic heterocycles. The number of hydrogen-bond acceptors (Lipinski definition) is 3. The molecule has 1 atom stereocenters. The monoisotopic (exact) mass is 307 g/mol. The van der Waals surface area contributed by atoms with Crippen LogP contribution in [0.2, 0.25) is 0 Å². The van der Waals surface area contributed by atoms with Gasteiger partial charge in [0.15, 0.2) is 0 Å². The van der Waals surface area contributed by atoms with Crippen molar-refractivity contribution in [1.82, 2.24) is 4.31 Å². The van der Waals surface area contributed by atoms with Crippen molar-refractivity contribution in [2.24, 2.45) is 0 Å². The number of thiol groups is 1. The molecule has 0 bridgehead atoms. The summed E-state index contributed by atoms with van der Waals surface area (Å²) < 4.78 is 34.8. The van der Waals surface area contributed by atoms with E-state index < -0.39 is 16.6 Å². The third-order valence-electron chi connectivity index (χ3n) is 2.06. The van der Waals surface area contributed by atoms with Gasteiger partial charge >= 0.3 is 59.1 Å². The summed E-state index contributed by atoms with van der Waals surface area (Å²) in [6.07, 6.45) is 1.10. The molecule has 1 fully saturated rings. The predicted octanol–water partition coefficient (Wildman–Crippen LogP) is -0.770. The first-order valence-corrected chi connectivity index (χ1v) is 8.94. The average Bonchev–Trinajstić information content (AvgIpc) is 2.28. The third kappa shape index (κ3) is 7.79. The molecule has 1 rings (SSSR count). The van der Waals surface area contributed by atoms with Crippen LogP contribution in [0, 0.1) is 0 Å². The number of sulfonamides is 1. The van der Waals surface area contributed by atoms with Crippen molar-refractivity contribution in [1.29, 1.82) is 0 Å². The van der Waals surface area contributed by atoms with Gasteiger partial charge in [0, 0.05) is 19.3 Å². The van der Waals surface area contributed by atoms with Crippen molar-refractivity contribution in [2.75, 3.05) is 25.0 Å². The van der Waals surface area contributed by atoms with Crippen LogP contribution in [0.1, 0.15) is 12.8 Å². The Morgan fingerprint density at radius 2 is 1.94 bits per heavy atom. The summed E-state index contributed by atoms with van der Waals surface area (Å²) in [6.45, 7) is -2.43. The second-order valence-electron chi connectivity index (χ2n) is 3.31. The van der Waals surface area contributed by atoms with Crippen LogP contribution in [0.3, 0.4) is 0 Å². The molecule has 0 aromatic carbocycles. The van der Waals surface area contributed by atoms with E-state index in [4.69, 9.17) is 4.89 Å². The molecule has 1 N–H and O–H groups in total. The number of nitrogens with zero attached hydrogens (tertiary/aromatic N) is 1. The van der Waals surface area contributed by atoms with Gasteiger partial charge in [0.05, 0.1) is 5.75 Å². The van der Waals surface area contributed by atoms with Crippen molar-refractivity contribution in [3.63, 3.8) is 0 Å².